The van der Waals surface area contributed by atoms with E-state index in [9.17, 15) is 4.79 Å². The summed E-state index contributed by atoms with van der Waals surface area (Å²) < 4.78 is 0. The SMILES string of the molecule is Cc1cccc(NCc2ccc(C(=O)O)cc2)c1C. The van der Waals surface area contributed by atoms with Gasteiger partial charge in [-0.25, -0.2) is 4.79 Å². The molecule has 0 saturated carbocycles. The number of hydrogen-bond acceptors (Lipinski definition) is 2. The number of anilines is 1. The smallest absolute Gasteiger partial charge is 0.335 e. The van der Waals surface area contributed by atoms with Gasteiger partial charge in [-0.1, -0.05) is 24.3 Å². The van der Waals surface area contributed by atoms with Crippen LogP contribution in [0.3, 0.4) is 0 Å². The van der Waals surface area contributed by atoms with Crippen molar-refractivity contribution in [1.29, 1.82) is 0 Å². The summed E-state index contributed by atoms with van der Waals surface area (Å²) in [7, 11) is 0. The molecular formula is C16H17NO2. The predicted molar refractivity (Wildman–Crippen MR) is 76.6 cm³/mol. The summed E-state index contributed by atoms with van der Waals surface area (Å²) in [6, 6.07) is 13.1. The Kier molecular flexibility index (Phi) is 3.85. The molecule has 0 aliphatic heterocycles. The fourth-order valence-electron chi connectivity index (χ4n) is 1.91. The largest absolute Gasteiger partial charge is 0.478 e. The maximum atomic E-state index is 10.8. The Hall–Kier alpha value is -2.29. The minimum atomic E-state index is -0.894. The molecule has 0 amide bonds. The summed E-state index contributed by atoms with van der Waals surface area (Å²) in [6.07, 6.45) is 0. The number of aryl methyl sites for hydroxylation is 1. The van der Waals surface area contributed by atoms with Gasteiger partial charge in [-0.05, 0) is 48.7 Å². The van der Waals surface area contributed by atoms with Gasteiger partial charge in [0.25, 0.3) is 0 Å². The van der Waals surface area contributed by atoms with Gasteiger partial charge in [0.2, 0.25) is 0 Å². The second-order valence-electron chi connectivity index (χ2n) is 4.60. The summed E-state index contributed by atoms with van der Waals surface area (Å²) in [6.45, 7) is 4.86. The van der Waals surface area contributed by atoms with Crippen LogP contribution in [0.1, 0.15) is 27.0 Å². The van der Waals surface area contributed by atoms with E-state index in [2.05, 4.69) is 25.2 Å². The molecule has 2 rings (SSSR count). The van der Waals surface area contributed by atoms with Crippen molar-refractivity contribution in [1.82, 2.24) is 0 Å². The number of carboxylic acid groups (broad SMARTS) is 1. The molecule has 0 aliphatic carbocycles. The number of rotatable bonds is 4. The molecule has 3 heteroatoms. The van der Waals surface area contributed by atoms with E-state index in [4.69, 9.17) is 5.11 Å². The monoisotopic (exact) mass is 255 g/mol. The molecule has 19 heavy (non-hydrogen) atoms. The molecule has 0 bridgehead atoms. The molecule has 0 unspecified atom stereocenters. The highest BCUT2D eigenvalue weighted by molar-refractivity contribution is 5.87. The molecule has 0 aliphatic rings. The van der Waals surface area contributed by atoms with Crippen LogP contribution >= 0.6 is 0 Å². The van der Waals surface area contributed by atoms with E-state index >= 15 is 0 Å². The van der Waals surface area contributed by atoms with Crippen LogP contribution < -0.4 is 5.32 Å². The van der Waals surface area contributed by atoms with Gasteiger partial charge in [0.1, 0.15) is 0 Å². The summed E-state index contributed by atoms with van der Waals surface area (Å²) in [5.41, 5.74) is 4.99. The van der Waals surface area contributed by atoms with Crippen molar-refractivity contribution in [2.45, 2.75) is 20.4 Å². The highest BCUT2D eigenvalue weighted by atomic mass is 16.4. The Morgan fingerprint density at radius 3 is 2.42 bits per heavy atom. The minimum Gasteiger partial charge on any atom is -0.478 e. The predicted octanol–water partition coefficient (Wildman–Crippen LogP) is 3.61. The van der Waals surface area contributed by atoms with Crippen LogP contribution in [0.15, 0.2) is 42.5 Å². The van der Waals surface area contributed by atoms with Crippen molar-refractivity contribution in [2.24, 2.45) is 0 Å². The molecule has 0 spiro atoms. The van der Waals surface area contributed by atoms with E-state index in [1.54, 1.807) is 12.1 Å². The first kappa shape index (κ1) is 13.1. The molecule has 2 aromatic carbocycles. The van der Waals surface area contributed by atoms with Gasteiger partial charge < -0.3 is 10.4 Å². The lowest BCUT2D eigenvalue weighted by molar-refractivity contribution is 0.0697. The highest BCUT2D eigenvalue weighted by Crippen LogP contribution is 2.18. The zero-order valence-corrected chi connectivity index (χ0v) is 11.1. The standard InChI is InChI=1S/C16H17NO2/c1-11-4-3-5-15(12(11)2)17-10-13-6-8-14(9-7-13)16(18)19/h3-9,17H,10H2,1-2H3,(H,18,19). The molecule has 2 N–H and O–H groups in total. The van der Waals surface area contributed by atoms with Crippen LogP contribution in [-0.2, 0) is 6.54 Å². The lowest BCUT2D eigenvalue weighted by atomic mass is 10.1. The Balaban J connectivity index is 2.06. The second kappa shape index (κ2) is 5.57. The van der Waals surface area contributed by atoms with Crippen molar-refractivity contribution in [3.8, 4) is 0 Å². The lowest BCUT2D eigenvalue weighted by Crippen LogP contribution is -2.02. The normalized spacial score (nSPS) is 10.2. The van der Waals surface area contributed by atoms with Gasteiger partial charge in [-0.3, -0.25) is 0 Å². The molecular weight excluding hydrogens is 238 g/mol. The second-order valence-corrected chi connectivity index (χ2v) is 4.60. The molecule has 0 aromatic heterocycles. The number of carbonyl (C=O) groups is 1. The number of benzene rings is 2. The fourth-order valence-corrected chi connectivity index (χ4v) is 1.91. The summed E-state index contributed by atoms with van der Waals surface area (Å²) in [4.78, 5) is 10.8. The highest BCUT2D eigenvalue weighted by Gasteiger charge is 2.03. The molecule has 0 fully saturated rings. The van der Waals surface area contributed by atoms with Crippen LogP contribution in [0.25, 0.3) is 0 Å². The fraction of sp³-hybridized carbons (Fsp3) is 0.188. The van der Waals surface area contributed by atoms with Crippen molar-refractivity contribution in [3.63, 3.8) is 0 Å². The zero-order chi connectivity index (χ0) is 13.8. The summed E-state index contributed by atoms with van der Waals surface area (Å²) >= 11 is 0. The third-order valence-electron chi connectivity index (χ3n) is 3.29. The van der Waals surface area contributed by atoms with E-state index < -0.39 is 5.97 Å². The van der Waals surface area contributed by atoms with Gasteiger partial charge in [-0.2, -0.15) is 0 Å². The molecule has 98 valence electrons. The van der Waals surface area contributed by atoms with Crippen molar-refractivity contribution < 1.29 is 9.90 Å². The maximum Gasteiger partial charge on any atom is 0.335 e. The zero-order valence-electron chi connectivity index (χ0n) is 11.1. The average Bonchev–Trinajstić information content (AvgIpc) is 2.41. The molecule has 0 radical (unpaired) electrons. The lowest BCUT2D eigenvalue weighted by Gasteiger charge is -2.11. The first-order valence-corrected chi connectivity index (χ1v) is 6.20. The topological polar surface area (TPSA) is 49.3 Å². The first-order valence-electron chi connectivity index (χ1n) is 6.20. The van der Waals surface area contributed by atoms with Crippen LogP contribution in [-0.4, -0.2) is 11.1 Å². The minimum absolute atomic E-state index is 0.315. The third-order valence-corrected chi connectivity index (χ3v) is 3.29. The number of nitrogens with one attached hydrogen (secondary N) is 1. The third kappa shape index (κ3) is 3.13. The number of hydrogen-bond donors (Lipinski definition) is 2. The Morgan fingerprint density at radius 2 is 1.79 bits per heavy atom. The molecule has 0 heterocycles. The molecule has 3 nitrogen and oxygen atoms in total. The van der Waals surface area contributed by atoms with Gasteiger partial charge in [0, 0.05) is 12.2 Å². The summed E-state index contributed by atoms with van der Waals surface area (Å²) in [5, 5.41) is 12.2. The first-order chi connectivity index (χ1) is 9.08. The molecule has 0 saturated heterocycles. The van der Waals surface area contributed by atoms with Gasteiger partial charge in [0.05, 0.1) is 5.56 Å². The van der Waals surface area contributed by atoms with Gasteiger partial charge >= 0.3 is 5.97 Å². The average molecular weight is 255 g/mol. The van der Waals surface area contributed by atoms with Gasteiger partial charge in [-0.15, -0.1) is 0 Å². The van der Waals surface area contributed by atoms with E-state index in [1.807, 2.05) is 24.3 Å². The quantitative estimate of drug-likeness (QED) is 0.877. The summed E-state index contributed by atoms with van der Waals surface area (Å²) in [5.74, 6) is -0.894. The number of carboxylic acids is 1. The van der Waals surface area contributed by atoms with E-state index in [0.717, 1.165) is 11.3 Å². The Morgan fingerprint density at radius 1 is 1.11 bits per heavy atom. The number of aromatic carboxylic acids is 1. The van der Waals surface area contributed by atoms with E-state index in [0.29, 0.717) is 12.1 Å². The molecule has 0 atom stereocenters. The van der Waals surface area contributed by atoms with Crippen LogP contribution in [0.4, 0.5) is 5.69 Å². The Labute approximate surface area is 112 Å². The maximum absolute atomic E-state index is 10.8. The Bertz CT molecular complexity index is 588. The van der Waals surface area contributed by atoms with E-state index in [-0.39, 0.29) is 0 Å². The van der Waals surface area contributed by atoms with Crippen LogP contribution in [0, 0.1) is 13.8 Å². The van der Waals surface area contributed by atoms with Crippen LogP contribution in [0.2, 0.25) is 0 Å². The van der Waals surface area contributed by atoms with Crippen molar-refractivity contribution in [2.75, 3.05) is 5.32 Å². The molecule has 2 aromatic rings. The van der Waals surface area contributed by atoms with Crippen LogP contribution in [0.5, 0.6) is 0 Å². The van der Waals surface area contributed by atoms with E-state index in [1.165, 1.54) is 11.1 Å². The van der Waals surface area contributed by atoms with Gasteiger partial charge in [0.15, 0.2) is 0 Å². The van der Waals surface area contributed by atoms with Crippen molar-refractivity contribution in [3.05, 3.63) is 64.7 Å². The van der Waals surface area contributed by atoms with Crippen molar-refractivity contribution >= 4 is 11.7 Å².